The third-order valence-corrected chi connectivity index (χ3v) is 5.69. The molecule has 0 spiro atoms. The highest BCUT2D eigenvalue weighted by molar-refractivity contribution is 7.09. The lowest BCUT2D eigenvalue weighted by atomic mass is 9.98. The van der Waals surface area contributed by atoms with Gasteiger partial charge in [0.25, 0.3) is 0 Å². The van der Waals surface area contributed by atoms with E-state index in [9.17, 15) is 0 Å². The van der Waals surface area contributed by atoms with Crippen LogP contribution in [0.4, 0.5) is 0 Å². The molecule has 124 valence electrons. The Kier molecular flexibility index (Phi) is 4.51. The average Bonchev–Trinajstić information content (AvgIpc) is 3.05. The molecular weight excluding hydrogens is 306 g/mol. The summed E-state index contributed by atoms with van der Waals surface area (Å²) in [6, 6.07) is 4.36. The van der Waals surface area contributed by atoms with Crippen LogP contribution in [0.25, 0.3) is 0 Å². The first kappa shape index (κ1) is 15.4. The zero-order valence-electron chi connectivity index (χ0n) is 13.8. The van der Waals surface area contributed by atoms with Crippen LogP contribution < -0.4 is 0 Å². The van der Waals surface area contributed by atoms with Gasteiger partial charge in [-0.3, -0.25) is 4.90 Å². The van der Waals surface area contributed by atoms with E-state index in [0.717, 1.165) is 45.3 Å². The number of thiophene rings is 1. The van der Waals surface area contributed by atoms with E-state index in [0.29, 0.717) is 5.92 Å². The van der Waals surface area contributed by atoms with E-state index in [2.05, 4.69) is 40.2 Å². The molecule has 0 saturated heterocycles. The zero-order valence-corrected chi connectivity index (χ0v) is 14.6. The van der Waals surface area contributed by atoms with Gasteiger partial charge in [-0.15, -0.1) is 11.3 Å². The fourth-order valence-electron chi connectivity index (χ4n) is 3.56. The lowest BCUT2D eigenvalue weighted by Crippen LogP contribution is -2.36. The zero-order chi connectivity index (χ0) is 15.6. The van der Waals surface area contributed by atoms with Gasteiger partial charge in [-0.05, 0) is 37.1 Å². The van der Waals surface area contributed by atoms with Crippen LogP contribution >= 0.6 is 11.3 Å². The van der Waals surface area contributed by atoms with Gasteiger partial charge >= 0.3 is 0 Å². The number of rotatable bonds is 7. The van der Waals surface area contributed by atoms with Crippen LogP contribution in [0.3, 0.4) is 0 Å². The first-order valence-electron chi connectivity index (χ1n) is 8.70. The molecule has 0 aromatic carbocycles. The van der Waals surface area contributed by atoms with Crippen LogP contribution in [0.15, 0.2) is 23.8 Å². The Labute approximate surface area is 142 Å². The third kappa shape index (κ3) is 3.52. The van der Waals surface area contributed by atoms with Gasteiger partial charge in [0.2, 0.25) is 0 Å². The van der Waals surface area contributed by atoms with Crippen LogP contribution in [-0.4, -0.2) is 34.2 Å². The number of hydrogen-bond donors (Lipinski definition) is 0. The second-order valence-electron chi connectivity index (χ2n) is 6.78. The van der Waals surface area contributed by atoms with Crippen LogP contribution in [0.2, 0.25) is 0 Å². The molecule has 2 aromatic heterocycles. The summed E-state index contributed by atoms with van der Waals surface area (Å²) in [6.07, 6.45) is 4.83. The predicted molar refractivity (Wildman–Crippen MR) is 92.6 cm³/mol. The van der Waals surface area contributed by atoms with Crippen molar-refractivity contribution in [3.05, 3.63) is 40.1 Å². The maximum atomic E-state index is 5.79. The van der Waals surface area contributed by atoms with Crippen molar-refractivity contribution < 1.29 is 4.74 Å². The molecule has 1 aliphatic carbocycles. The lowest BCUT2D eigenvalue weighted by Gasteiger charge is -2.33. The minimum Gasteiger partial charge on any atom is -0.381 e. The van der Waals surface area contributed by atoms with E-state index in [1.807, 2.05) is 11.3 Å². The minimum atomic E-state index is 0.444. The van der Waals surface area contributed by atoms with Crippen molar-refractivity contribution >= 4 is 11.3 Å². The Morgan fingerprint density at radius 3 is 3.04 bits per heavy atom. The van der Waals surface area contributed by atoms with Gasteiger partial charge in [-0.2, -0.15) is 0 Å². The van der Waals surface area contributed by atoms with Crippen molar-refractivity contribution in [2.75, 3.05) is 19.8 Å². The molecule has 1 saturated carbocycles. The van der Waals surface area contributed by atoms with Gasteiger partial charge in [-0.25, -0.2) is 4.98 Å². The molecule has 1 fully saturated rings. The van der Waals surface area contributed by atoms with Crippen molar-refractivity contribution in [2.45, 2.75) is 45.3 Å². The van der Waals surface area contributed by atoms with Crippen LogP contribution in [-0.2, 0) is 24.4 Å². The number of fused-ring (bicyclic) bond motifs is 1. The highest BCUT2D eigenvalue weighted by Gasteiger charge is 2.32. The number of ether oxygens (including phenoxy) is 1. The smallest absolute Gasteiger partial charge is 0.0952 e. The Bertz CT molecular complexity index is 633. The number of aromatic nitrogens is 2. The van der Waals surface area contributed by atoms with Crippen LogP contribution in [0, 0.1) is 5.92 Å². The molecule has 0 N–H and O–H groups in total. The molecule has 0 radical (unpaired) electrons. The van der Waals surface area contributed by atoms with Gasteiger partial charge in [0.05, 0.1) is 18.6 Å². The van der Waals surface area contributed by atoms with Gasteiger partial charge in [0.15, 0.2) is 0 Å². The van der Waals surface area contributed by atoms with Gasteiger partial charge < -0.3 is 9.30 Å². The Morgan fingerprint density at radius 1 is 1.39 bits per heavy atom. The summed E-state index contributed by atoms with van der Waals surface area (Å²) in [6.45, 7) is 7.88. The molecule has 1 atom stereocenters. The summed E-state index contributed by atoms with van der Waals surface area (Å²) in [5.74, 6) is 1.32. The molecule has 2 aliphatic rings. The third-order valence-electron chi connectivity index (χ3n) is 4.83. The summed E-state index contributed by atoms with van der Waals surface area (Å²) in [4.78, 5) is 8.70. The number of nitrogens with zero attached hydrogens (tertiary/aromatic N) is 3. The molecule has 2 aromatic rings. The maximum Gasteiger partial charge on any atom is 0.0952 e. The minimum absolute atomic E-state index is 0.444. The monoisotopic (exact) mass is 331 g/mol. The summed E-state index contributed by atoms with van der Waals surface area (Å²) >= 11 is 1.84. The highest BCUT2D eigenvalue weighted by atomic mass is 32.1. The van der Waals surface area contributed by atoms with Crippen LogP contribution in [0.1, 0.15) is 41.9 Å². The van der Waals surface area contributed by atoms with E-state index < -0.39 is 0 Å². The van der Waals surface area contributed by atoms with E-state index in [1.165, 1.54) is 29.1 Å². The molecule has 0 unspecified atom stereocenters. The first-order valence-corrected chi connectivity index (χ1v) is 9.57. The van der Waals surface area contributed by atoms with E-state index in [4.69, 9.17) is 9.72 Å². The second-order valence-corrected chi connectivity index (χ2v) is 7.81. The molecule has 4 nitrogen and oxygen atoms in total. The number of imidazole rings is 1. The maximum absolute atomic E-state index is 5.79. The molecule has 1 aliphatic heterocycles. The SMILES string of the molecule is CCOC[C@H]1CN(Cc2cccs2)Cc2ncn(CC3CC3)c21. The molecular formula is C18H25N3OS. The topological polar surface area (TPSA) is 30.3 Å². The normalized spacial score (nSPS) is 21.5. The second kappa shape index (κ2) is 6.75. The van der Waals surface area contributed by atoms with Crippen molar-refractivity contribution in [1.82, 2.24) is 14.5 Å². The fourth-order valence-corrected chi connectivity index (χ4v) is 4.31. The Balaban J connectivity index is 1.54. The summed E-state index contributed by atoms with van der Waals surface area (Å²) in [5.41, 5.74) is 2.70. The predicted octanol–water partition coefficient (Wildman–Crippen LogP) is 3.49. The summed E-state index contributed by atoms with van der Waals surface area (Å²) < 4.78 is 8.21. The molecule has 4 rings (SSSR count). The number of hydrogen-bond acceptors (Lipinski definition) is 4. The van der Waals surface area contributed by atoms with Gasteiger partial charge in [0.1, 0.15) is 0 Å². The quantitative estimate of drug-likeness (QED) is 0.778. The van der Waals surface area contributed by atoms with Crippen molar-refractivity contribution in [2.24, 2.45) is 5.92 Å². The highest BCUT2D eigenvalue weighted by Crippen LogP contribution is 2.35. The molecule has 0 bridgehead atoms. The molecule has 3 heterocycles. The lowest BCUT2D eigenvalue weighted by molar-refractivity contribution is 0.102. The summed E-state index contributed by atoms with van der Waals surface area (Å²) in [7, 11) is 0. The van der Waals surface area contributed by atoms with E-state index in [1.54, 1.807) is 0 Å². The van der Waals surface area contributed by atoms with E-state index >= 15 is 0 Å². The fraction of sp³-hybridized carbons (Fsp3) is 0.611. The molecule has 5 heteroatoms. The van der Waals surface area contributed by atoms with Crippen molar-refractivity contribution in [3.63, 3.8) is 0 Å². The van der Waals surface area contributed by atoms with Crippen molar-refractivity contribution in [1.29, 1.82) is 0 Å². The van der Waals surface area contributed by atoms with E-state index in [-0.39, 0.29) is 0 Å². The Morgan fingerprint density at radius 2 is 2.30 bits per heavy atom. The Hall–Kier alpha value is -1.17. The standard InChI is InChI=1S/C18H25N3OS/c1-2-22-12-15-9-20(10-16-4-3-7-23-16)11-17-18(15)21(13-19-17)8-14-5-6-14/h3-4,7,13-15H,2,5-6,8-12H2,1H3/t15-/m1/s1. The molecule has 0 amide bonds. The van der Waals surface area contributed by atoms with Gasteiger partial charge in [-0.1, -0.05) is 6.07 Å². The van der Waals surface area contributed by atoms with Crippen LogP contribution in [0.5, 0.6) is 0 Å². The summed E-state index contributed by atoms with van der Waals surface area (Å²) in [5, 5.41) is 2.16. The average molecular weight is 331 g/mol. The van der Waals surface area contributed by atoms with Gasteiger partial charge in [0, 0.05) is 49.3 Å². The first-order chi connectivity index (χ1) is 11.3. The van der Waals surface area contributed by atoms with Crippen molar-refractivity contribution in [3.8, 4) is 0 Å². The molecule has 23 heavy (non-hydrogen) atoms. The largest absolute Gasteiger partial charge is 0.381 e.